The largest absolute Gasteiger partial charge is 0.481 e. The number of carboxylic acids is 1. The van der Waals surface area contributed by atoms with Crippen molar-refractivity contribution < 1.29 is 19.4 Å². The van der Waals surface area contributed by atoms with Crippen LogP contribution < -0.4 is 5.32 Å². The molecule has 136 valence electrons. The van der Waals surface area contributed by atoms with Gasteiger partial charge in [-0.15, -0.1) is 11.3 Å². The average molecular weight is 365 g/mol. The molecule has 0 bridgehead atoms. The normalized spacial score (nSPS) is 25.0. The van der Waals surface area contributed by atoms with Crippen LogP contribution in [0.2, 0.25) is 0 Å². The summed E-state index contributed by atoms with van der Waals surface area (Å²) in [5.74, 6) is -1.29. The first kappa shape index (κ1) is 16.8. The van der Waals surface area contributed by atoms with Crippen LogP contribution in [0.15, 0.2) is 0 Å². The number of anilines is 1. The van der Waals surface area contributed by atoms with Crippen molar-refractivity contribution in [3.63, 3.8) is 0 Å². The van der Waals surface area contributed by atoms with E-state index in [0.717, 1.165) is 51.0 Å². The summed E-state index contributed by atoms with van der Waals surface area (Å²) in [5, 5.41) is 12.6. The Morgan fingerprint density at radius 2 is 2.12 bits per heavy atom. The monoisotopic (exact) mass is 365 g/mol. The van der Waals surface area contributed by atoms with E-state index in [0.29, 0.717) is 23.5 Å². The molecule has 1 unspecified atom stereocenters. The molecule has 0 aromatic carbocycles. The van der Waals surface area contributed by atoms with E-state index < -0.39 is 11.9 Å². The lowest BCUT2D eigenvalue weighted by Crippen LogP contribution is -2.34. The second kappa shape index (κ2) is 6.57. The van der Waals surface area contributed by atoms with Gasteiger partial charge in [-0.25, -0.2) is 9.78 Å². The van der Waals surface area contributed by atoms with Crippen molar-refractivity contribution >= 4 is 28.5 Å². The Balaban J connectivity index is 1.40. The molecule has 3 heterocycles. The summed E-state index contributed by atoms with van der Waals surface area (Å²) in [6.45, 7) is 2.45. The molecule has 0 radical (unpaired) electrons. The quantitative estimate of drug-likeness (QED) is 0.839. The highest BCUT2D eigenvalue weighted by atomic mass is 32.1. The number of likely N-dealkylation sites (tertiary alicyclic amines) is 1. The Labute approximate surface area is 150 Å². The van der Waals surface area contributed by atoms with Gasteiger partial charge < -0.3 is 14.7 Å². The first-order chi connectivity index (χ1) is 12.0. The van der Waals surface area contributed by atoms with Crippen LogP contribution in [0.5, 0.6) is 0 Å². The predicted octanol–water partition coefficient (Wildman–Crippen LogP) is 2.37. The van der Waals surface area contributed by atoms with E-state index in [1.807, 2.05) is 0 Å². The van der Waals surface area contributed by atoms with Crippen LogP contribution in [0, 0.1) is 11.3 Å². The number of aromatic nitrogens is 1. The summed E-state index contributed by atoms with van der Waals surface area (Å²) in [4.78, 5) is 30.9. The molecule has 1 aliphatic carbocycles. The minimum absolute atomic E-state index is 0.240. The standard InChI is InChI=1S/C17H23N3O4S/c21-14(22)11-2-6-20(10-11)16(23)19-15-18-12-1-3-17(9-13(12)25-15)4-7-24-8-5-17/h11H,1-10H2,(H,21,22)(H,18,19,23). The van der Waals surface area contributed by atoms with Crippen molar-refractivity contribution in [3.8, 4) is 0 Å². The molecule has 1 aromatic heterocycles. The van der Waals surface area contributed by atoms with Gasteiger partial charge in [0.1, 0.15) is 0 Å². The fourth-order valence-electron chi connectivity index (χ4n) is 4.13. The number of hydrogen-bond acceptors (Lipinski definition) is 5. The number of urea groups is 1. The number of thiazole rings is 1. The van der Waals surface area contributed by atoms with E-state index >= 15 is 0 Å². The lowest BCUT2D eigenvalue weighted by Gasteiger charge is -2.39. The Morgan fingerprint density at radius 1 is 1.32 bits per heavy atom. The van der Waals surface area contributed by atoms with Crippen LogP contribution in [0.25, 0.3) is 0 Å². The third kappa shape index (κ3) is 3.37. The van der Waals surface area contributed by atoms with Crippen LogP contribution in [-0.2, 0) is 22.4 Å². The molecule has 0 saturated carbocycles. The lowest BCUT2D eigenvalue weighted by molar-refractivity contribution is -0.141. The minimum Gasteiger partial charge on any atom is -0.481 e. The molecule has 2 N–H and O–H groups in total. The van der Waals surface area contributed by atoms with Crippen molar-refractivity contribution in [2.24, 2.45) is 11.3 Å². The number of rotatable bonds is 2. The first-order valence-electron chi connectivity index (χ1n) is 8.90. The topological polar surface area (TPSA) is 91.8 Å². The Bertz CT molecular complexity index is 683. The zero-order valence-corrected chi connectivity index (χ0v) is 14.9. The van der Waals surface area contributed by atoms with Crippen molar-refractivity contribution in [1.29, 1.82) is 0 Å². The summed E-state index contributed by atoms with van der Waals surface area (Å²) in [7, 11) is 0. The van der Waals surface area contributed by atoms with Crippen molar-refractivity contribution in [1.82, 2.24) is 9.88 Å². The molecule has 2 fully saturated rings. The smallest absolute Gasteiger partial charge is 0.323 e. The van der Waals surface area contributed by atoms with Gasteiger partial charge in [0.25, 0.3) is 0 Å². The molecular weight excluding hydrogens is 342 g/mol. The Kier molecular flexibility index (Phi) is 4.41. The summed E-state index contributed by atoms with van der Waals surface area (Å²) in [6, 6.07) is -0.240. The molecule has 7 nitrogen and oxygen atoms in total. The number of carboxylic acid groups (broad SMARTS) is 1. The zero-order valence-electron chi connectivity index (χ0n) is 14.1. The second-order valence-electron chi connectivity index (χ2n) is 7.38. The predicted molar refractivity (Wildman–Crippen MR) is 93.0 cm³/mol. The SMILES string of the molecule is O=C(O)C1CCN(C(=O)Nc2nc3c(s2)CC2(CCOCC2)CC3)C1. The van der Waals surface area contributed by atoms with Gasteiger partial charge in [-0.2, -0.15) is 0 Å². The van der Waals surface area contributed by atoms with E-state index in [1.54, 1.807) is 16.2 Å². The van der Waals surface area contributed by atoms with Gasteiger partial charge in [-0.05, 0) is 43.9 Å². The van der Waals surface area contributed by atoms with Crippen LogP contribution in [0.3, 0.4) is 0 Å². The van der Waals surface area contributed by atoms with Crippen LogP contribution >= 0.6 is 11.3 Å². The van der Waals surface area contributed by atoms with Gasteiger partial charge in [-0.3, -0.25) is 10.1 Å². The number of aliphatic carboxylic acids is 1. The maximum Gasteiger partial charge on any atom is 0.323 e. The second-order valence-corrected chi connectivity index (χ2v) is 8.46. The number of hydrogen-bond donors (Lipinski definition) is 2. The summed E-state index contributed by atoms with van der Waals surface area (Å²) in [6.07, 6.45) is 5.87. The highest BCUT2D eigenvalue weighted by Gasteiger charge is 2.38. The fraction of sp³-hybridized carbons (Fsp3) is 0.706. The molecule has 2 aliphatic heterocycles. The van der Waals surface area contributed by atoms with E-state index in [4.69, 9.17) is 9.84 Å². The number of carbonyl (C=O) groups is 2. The van der Waals surface area contributed by atoms with Gasteiger partial charge in [0, 0.05) is 31.2 Å². The fourth-order valence-corrected chi connectivity index (χ4v) is 5.30. The zero-order chi connectivity index (χ0) is 17.4. The Morgan fingerprint density at radius 3 is 2.84 bits per heavy atom. The third-order valence-corrected chi connectivity index (χ3v) is 6.81. The molecule has 4 rings (SSSR count). The van der Waals surface area contributed by atoms with Gasteiger partial charge in [0.05, 0.1) is 11.6 Å². The summed E-state index contributed by atoms with van der Waals surface area (Å²) < 4.78 is 5.51. The van der Waals surface area contributed by atoms with Gasteiger partial charge in [0.2, 0.25) is 0 Å². The summed E-state index contributed by atoms with van der Waals surface area (Å²) >= 11 is 1.57. The average Bonchev–Trinajstić information content (AvgIpc) is 3.22. The highest BCUT2D eigenvalue weighted by molar-refractivity contribution is 7.15. The molecule has 1 atom stereocenters. The van der Waals surface area contributed by atoms with Crippen molar-refractivity contribution in [2.45, 2.75) is 38.5 Å². The molecule has 8 heteroatoms. The van der Waals surface area contributed by atoms with Gasteiger partial charge in [0.15, 0.2) is 5.13 Å². The van der Waals surface area contributed by atoms with Crippen LogP contribution in [-0.4, -0.2) is 53.3 Å². The van der Waals surface area contributed by atoms with Crippen LogP contribution in [0.4, 0.5) is 9.93 Å². The van der Waals surface area contributed by atoms with Crippen molar-refractivity contribution in [3.05, 3.63) is 10.6 Å². The van der Waals surface area contributed by atoms with Crippen LogP contribution in [0.1, 0.15) is 36.3 Å². The number of nitrogens with one attached hydrogen (secondary N) is 1. The molecular formula is C17H23N3O4S. The minimum atomic E-state index is -0.832. The van der Waals surface area contributed by atoms with E-state index in [2.05, 4.69) is 10.3 Å². The summed E-state index contributed by atoms with van der Waals surface area (Å²) in [5.41, 5.74) is 1.46. The van der Waals surface area contributed by atoms with E-state index in [9.17, 15) is 9.59 Å². The Hall–Kier alpha value is -1.67. The molecule has 1 spiro atoms. The maximum atomic E-state index is 12.4. The third-order valence-electron chi connectivity index (χ3n) is 5.80. The van der Waals surface area contributed by atoms with Gasteiger partial charge in [-0.1, -0.05) is 0 Å². The van der Waals surface area contributed by atoms with E-state index in [-0.39, 0.29) is 12.6 Å². The molecule has 2 amide bonds. The maximum absolute atomic E-state index is 12.4. The number of carbonyl (C=O) groups excluding carboxylic acids is 1. The number of nitrogens with zero attached hydrogens (tertiary/aromatic N) is 2. The molecule has 25 heavy (non-hydrogen) atoms. The number of fused-ring (bicyclic) bond motifs is 1. The molecule has 3 aliphatic rings. The molecule has 1 aromatic rings. The van der Waals surface area contributed by atoms with Gasteiger partial charge >= 0.3 is 12.0 Å². The number of amides is 2. The number of aryl methyl sites for hydroxylation is 1. The van der Waals surface area contributed by atoms with Crippen molar-refractivity contribution in [2.75, 3.05) is 31.6 Å². The molecule has 2 saturated heterocycles. The van der Waals surface area contributed by atoms with E-state index in [1.165, 1.54) is 4.88 Å². The lowest BCUT2D eigenvalue weighted by atomic mass is 9.70. The highest BCUT2D eigenvalue weighted by Crippen LogP contribution is 2.45. The first-order valence-corrected chi connectivity index (χ1v) is 9.71. The number of ether oxygens (including phenoxy) is 1.